The first-order chi connectivity index (χ1) is 12.2. The van der Waals surface area contributed by atoms with Gasteiger partial charge < -0.3 is 10.1 Å². The Bertz CT molecular complexity index is 733. The van der Waals surface area contributed by atoms with Gasteiger partial charge in [-0.3, -0.25) is 9.69 Å². The molecule has 3 rings (SSSR count). The molecule has 2 aromatic rings. The third-order valence-electron chi connectivity index (χ3n) is 4.63. The highest BCUT2D eigenvalue weighted by molar-refractivity contribution is 8.01. The van der Waals surface area contributed by atoms with Gasteiger partial charge >= 0.3 is 0 Å². The van der Waals surface area contributed by atoms with E-state index in [0.717, 1.165) is 29.0 Å². The SMILES string of the molecule is CNC(=O)C(CN1CCCCC1)(OC)Sc1ccc2ccccc2n1. The third kappa shape index (κ3) is 4.14. The second kappa shape index (κ2) is 8.17. The summed E-state index contributed by atoms with van der Waals surface area (Å²) >= 11 is 1.39. The fraction of sp³-hybridized carbons (Fsp3) is 0.474. The lowest BCUT2D eigenvalue weighted by molar-refractivity contribution is -0.135. The molecule has 1 unspecified atom stereocenters. The Hall–Kier alpha value is -1.63. The summed E-state index contributed by atoms with van der Waals surface area (Å²) in [5.41, 5.74) is 0.924. The van der Waals surface area contributed by atoms with Crippen molar-refractivity contribution in [2.75, 3.05) is 33.8 Å². The van der Waals surface area contributed by atoms with Crippen LogP contribution in [0.3, 0.4) is 0 Å². The van der Waals surface area contributed by atoms with Gasteiger partial charge in [0.2, 0.25) is 4.93 Å². The summed E-state index contributed by atoms with van der Waals surface area (Å²) in [5, 5.41) is 4.65. The summed E-state index contributed by atoms with van der Waals surface area (Å²) in [6, 6.07) is 12.0. The number of pyridine rings is 1. The maximum Gasteiger partial charge on any atom is 0.264 e. The Morgan fingerprint density at radius 2 is 2.00 bits per heavy atom. The van der Waals surface area contributed by atoms with Gasteiger partial charge in [0.05, 0.1) is 5.52 Å². The summed E-state index contributed by atoms with van der Waals surface area (Å²) in [5.74, 6) is -0.125. The second-order valence-electron chi connectivity index (χ2n) is 6.32. The van der Waals surface area contributed by atoms with E-state index in [9.17, 15) is 4.79 Å². The highest BCUT2D eigenvalue weighted by Crippen LogP contribution is 2.35. The van der Waals surface area contributed by atoms with Crippen molar-refractivity contribution in [1.82, 2.24) is 15.2 Å². The highest BCUT2D eigenvalue weighted by atomic mass is 32.2. The first-order valence-electron chi connectivity index (χ1n) is 8.71. The lowest BCUT2D eigenvalue weighted by atomic mass is 10.1. The standard InChI is InChI=1S/C19H25N3O2S/c1-20-18(23)19(24-2,14-22-12-6-3-7-13-22)25-17-11-10-15-8-4-5-9-16(15)21-17/h4-5,8-11H,3,6-7,12-14H2,1-2H3,(H,20,23). The second-order valence-corrected chi connectivity index (χ2v) is 7.60. The van der Waals surface area contributed by atoms with Gasteiger partial charge in [-0.2, -0.15) is 0 Å². The number of rotatable bonds is 6. The number of nitrogens with zero attached hydrogens (tertiary/aromatic N) is 2. The molecular weight excluding hydrogens is 334 g/mol. The van der Waals surface area contributed by atoms with Crippen LogP contribution in [-0.4, -0.2) is 54.5 Å². The molecule has 1 N–H and O–H groups in total. The van der Waals surface area contributed by atoms with Crippen molar-refractivity contribution in [2.45, 2.75) is 29.2 Å². The molecule has 1 aromatic carbocycles. The molecule has 5 nitrogen and oxygen atoms in total. The van der Waals surface area contributed by atoms with Gasteiger partial charge in [0.1, 0.15) is 5.03 Å². The normalized spacial score (nSPS) is 18.0. The van der Waals surface area contributed by atoms with E-state index in [4.69, 9.17) is 9.72 Å². The Kier molecular flexibility index (Phi) is 5.93. The molecule has 1 aromatic heterocycles. The molecule has 1 aliphatic heterocycles. The van der Waals surface area contributed by atoms with Crippen LogP contribution in [0.5, 0.6) is 0 Å². The zero-order valence-corrected chi connectivity index (χ0v) is 15.6. The van der Waals surface area contributed by atoms with Crippen LogP contribution in [0.25, 0.3) is 10.9 Å². The van der Waals surface area contributed by atoms with Gasteiger partial charge in [-0.15, -0.1) is 0 Å². The number of para-hydroxylation sites is 1. The average Bonchev–Trinajstić information content (AvgIpc) is 2.67. The van der Waals surface area contributed by atoms with Gasteiger partial charge in [0.25, 0.3) is 5.91 Å². The van der Waals surface area contributed by atoms with Crippen LogP contribution >= 0.6 is 11.8 Å². The number of hydrogen-bond acceptors (Lipinski definition) is 5. The average molecular weight is 359 g/mol. The maximum atomic E-state index is 12.7. The van der Waals surface area contributed by atoms with Crippen molar-refractivity contribution >= 4 is 28.6 Å². The zero-order valence-electron chi connectivity index (χ0n) is 14.8. The molecular formula is C19H25N3O2S. The minimum Gasteiger partial charge on any atom is -0.357 e. The number of piperidine rings is 1. The monoisotopic (exact) mass is 359 g/mol. The van der Waals surface area contributed by atoms with E-state index >= 15 is 0 Å². The molecule has 0 radical (unpaired) electrons. The number of thioether (sulfide) groups is 1. The van der Waals surface area contributed by atoms with Crippen LogP contribution in [-0.2, 0) is 9.53 Å². The third-order valence-corrected chi connectivity index (χ3v) is 5.87. The van der Waals surface area contributed by atoms with Gasteiger partial charge in [-0.1, -0.05) is 42.4 Å². The van der Waals surface area contributed by atoms with Gasteiger partial charge in [0.15, 0.2) is 0 Å². The van der Waals surface area contributed by atoms with E-state index in [1.807, 2.05) is 36.4 Å². The molecule has 1 saturated heterocycles. The van der Waals surface area contributed by atoms with E-state index < -0.39 is 4.93 Å². The number of carbonyl (C=O) groups excluding carboxylic acids is 1. The lowest BCUT2D eigenvalue weighted by Gasteiger charge is -2.36. The Morgan fingerprint density at radius 1 is 1.24 bits per heavy atom. The molecule has 1 aliphatic rings. The number of methoxy groups -OCH3 is 1. The minimum absolute atomic E-state index is 0.125. The van der Waals surface area contributed by atoms with Crippen molar-refractivity contribution in [3.8, 4) is 0 Å². The largest absolute Gasteiger partial charge is 0.357 e. The number of carbonyl (C=O) groups is 1. The summed E-state index contributed by atoms with van der Waals surface area (Å²) in [6.07, 6.45) is 3.61. The van der Waals surface area contributed by atoms with Crippen LogP contribution in [0, 0.1) is 0 Å². The van der Waals surface area contributed by atoms with Crippen molar-refractivity contribution in [2.24, 2.45) is 0 Å². The molecule has 2 heterocycles. The number of ether oxygens (including phenoxy) is 1. The summed E-state index contributed by atoms with van der Waals surface area (Å²) in [7, 11) is 3.26. The molecule has 134 valence electrons. The Balaban J connectivity index is 1.87. The Labute approximate surface area is 153 Å². The first-order valence-corrected chi connectivity index (χ1v) is 9.53. The zero-order chi connectivity index (χ0) is 17.7. The first kappa shape index (κ1) is 18.2. The number of likely N-dealkylation sites (N-methyl/N-ethyl adjacent to an activating group) is 1. The minimum atomic E-state index is -0.998. The lowest BCUT2D eigenvalue weighted by Crippen LogP contribution is -2.53. The quantitative estimate of drug-likeness (QED) is 0.635. The fourth-order valence-corrected chi connectivity index (χ4v) is 4.37. The molecule has 0 spiro atoms. The number of benzene rings is 1. The predicted octanol–water partition coefficient (Wildman–Crippen LogP) is 2.90. The van der Waals surface area contributed by atoms with Crippen LogP contribution in [0.2, 0.25) is 0 Å². The van der Waals surface area contributed by atoms with Crippen LogP contribution in [0.1, 0.15) is 19.3 Å². The van der Waals surface area contributed by atoms with Crippen LogP contribution in [0.15, 0.2) is 41.4 Å². The topological polar surface area (TPSA) is 54.5 Å². The molecule has 1 fully saturated rings. The molecule has 6 heteroatoms. The molecule has 25 heavy (non-hydrogen) atoms. The van der Waals surface area contributed by atoms with E-state index in [1.54, 1.807) is 14.2 Å². The molecule has 0 saturated carbocycles. The van der Waals surface area contributed by atoms with Crippen molar-refractivity contribution in [3.05, 3.63) is 36.4 Å². The molecule has 0 aliphatic carbocycles. The summed E-state index contributed by atoms with van der Waals surface area (Å²) < 4.78 is 5.78. The number of hydrogen-bond donors (Lipinski definition) is 1. The van der Waals surface area contributed by atoms with Crippen molar-refractivity contribution in [1.29, 1.82) is 0 Å². The van der Waals surface area contributed by atoms with Crippen molar-refractivity contribution in [3.63, 3.8) is 0 Å². The predicted molar refractivity (Wildman–Crippen MR) is 102 cm³/mol. The summed E-state index contributed by atoms with van der Waals surface area (Å²) in [4.78, 5) is 18.7. The van der Waals surface area contributed by atoms with E-state index in [2.05, 4.69) is 10.2 Å². The van der Waals surface area contributed by atoms with Crippen molar-refractivity contribution < 1.29 is 9.53 Å². The van der Waals surface area contributed by atoms with E-state index in [1.165, 1.54) is 31.0 Å². The number of fused-ring (bicyclic) bond motifs is 1. The van der Waals surface area contributed by atoms with Gasteiger partial charge in [-0.05, 0) is 38.1 Å². The number of aromatic nitrogens is 1. The van der Waals surface area contributed by atoms with Crippen LogP contribution in [0.4, 0.5) is 0 Å². The highest BCUT2D eigenvalue weighted by Gasteiger charge is 2.41. The maximum absolute atomic E-state index is 12.7. The number of amides is 1. The number of likely N-dealkylation sites (tertiary alicyclic amines) is 1. The molecule has 0 bridgehead atoms. The smallest absolute Gasteiger partial charge is 0.264 e. The van der Waals surface area contributed by atoms with Gasteiger partial charge in [-0.25, -0.2) is 4.98 Å². The Morgan fingerprint density at radius 3 is 2.72 bits per heavy atom. The number of nitrogens with one attached hydrogen (secondary N) is 1. The fourth-order valence-electron chi connectivity index (χ4n) is 3.22. The van der Waals surface area contributed by atoms with Crippen LogP contribution < -0.4 is 5.32 Å². The van der Waals surface area contributed by atoms with E-state index in [0.29, 0.717) is 6.54 Å². The molecule has 1 amide bonds. The van der Waals surface area contributed by atoms with E-state index in [-0.39, 0.29) is 5.91 Å². The van der Waals surface area contributed by atoms with Gasteiger partial charge in [0, 0.05) is 26.1 Å². The molecule has 1 atom stereocenters. The summed E-state index contributed by atoms with van der Waals surface area (Å²) in [6.45, 7) is 2.57.